The van der Waals surface area contributed by atoms with E-state index in [-0.39, 0.29) is 18.7 Å². The lowest BCUT2D eigenvalue weighted by molar-refractivity contribution is -0.137. The molecule has 0 aliphatic rings. The predicted molar refractivity (Wildman–Crippen MR) is 75.3 cm³/mol. The van der Waals surface area contributed by atoms with E-state index in [0.717, 1.165) is 16.5 Å². The van der Waals surface area contributed by atoms with Crippen LogP contribution in [0.25, 0.3) is 10.9 Å². The fraction of sp³-hybridized carbons (Fsp3) is 0.267. The summed E-state index contributed by atoms with van der Waals surface area (Å²) in [5.74, 6) is -0.967. The zero-order valence-corrected chi connectivity index (χ0v) is 11.0. The Morgan fingerprint density at radius 1 is 1.25 bits per heavy atom. The molecule has 0 saturated heterocycles. The summed E-state index contributed by atoms with van der Waals surface area (Å²) in [4.78, 5) is 26.3. The highest BCUT2D eigenvalue weighted by Crippen LogP contribution is 2.12. The Morgan fingerprint density at radius 2 is 2.05 bits per heavy atom. The van der Waals surface area contributed by atoms with Gasteiger partial charge in [0.2, 0.25) is 5.91 Å². The number of benzene rings is 1. The molecule has 0 bridgehead atoms. The molecule has 1 aromatic carbocycles. The summed E-state index contributed by atoms with van der Waals surface area (Å²) in [6, 6.07) is 9.67. The third-order valence-electron chi connectivity index (χ3n) is 2.90. The number of carboxylic acids is 1. The van der Waals surface area contributed by atoms with E-state index < -0.39 is 5.97 Å². The highest BCUT2D eigenvalue weighted by atomic mass is 16.4. The van der Waals surface area contributed by atoms with Crippen LogP contribution >= 0.6 is 0 Å². The maximum Gasteiger partial charge on any atom is 0.303 e. The topological polar surface area (TPSA) is 79.3 Å². The second-order valence-corrected chi connectivity index (χ2v) is 4.56. The van der Waals surface area contributed by atoms with Crippen molar-refractivity contribution in [3.05, 3.63) is 42.1 Å². The number of carbonyl (C=O) groups excluding carboxylic acids is 1. The zero-order chi connectivity index (χ0) is 14.4. The number of hydrogen-bond acceptors (Lipinski definition) is 3. The lowest BCUT2D eigenvalue weighted by atomic mass is 10.1. The van der Waals surface area contributed by atoms with Crippen molar-refractivity contribution in [1.29, 1.82) is 0 Å². The number of fused-ring (bicyclic) bond motifs is 1. The van der Waals surface area contributed by atoms with Gasteiger partial charge in [0.1, 0.15) is 0 Å². The quantitative estimate of drug-likeness (QED) is 0.785. The lowest BCUT2D eigenvalue weighted by Gasteiger charge is -2.05. The maximum atomic E-state index is 11.7. The van der Waals surface area contributed by atoms with Crippen molar-refractivity contribution in [2.75, 3.05) is 6.54 Å². The van der Waals surface area contributed by atoms with E-state index in [2.05, 4.69) is 10.3 Å². The summed E-state index contributed by atoms with van der Waals surface area (Å²) < 4.78 is 0. The van der Waals surface area contributed by atoms with Crippen LogP contribution in [0.15, 0.2) is 36.5 Å². The van der Waals surface area contributed by atoms with Gasteiger partial charge in [-0.15, -0.1) is 0 Å². The Labute approximate surface area is 116 Å². The van der Waals surface area contributed by atoms with Crippen molar-refractivity contribution in [1.82, 2.24) is 10.3 Å². The second kappa shape index (κ2) is 6.65. The molecule has 0 spiro atoms. The van der Waals surface area contributed by atoms with Gasteiger partial charge in [-0.1, -0.05) is 18.2 Å². The molecule has 0 radical (unpaired) electrons. The minimum absolute atomic E-state index is 0.0673. The van der Waals surface area contributed by atoms with Crippen LogP contribution < -0.4 is 5.32 Å². The minimum Gasteiger partial charge on any atom is -0.481 e. The van der Waals surface area contributed by atoms with Crippen LogP contribution in [0, 0.1) is 0 Å². The van der Waals surface area contributed by atoms with Gasteiger partial charge in [0.15, 0.2) is 0 Å². The number of nitrogens with zero attached hydrogens (tertiary/aromatic N) is 1. The summed E-state index contributed by atoms with van der Waals surface area (Å²) in [6.45, 7) is 0.381. The largest absolute Gasteiger partial charge is 0.481 e. The van der Waals surface area contributed by atoms with Crippen molar-refractivity contribution in [2.45, 2.75) is 19.3 Å². The molecule has 0 atom stereocenters. The van der Waals surface area contributed by atoms with Crippen molar-refractivity contribution >= 4 is 22.8 Å². The smallest absolute Gasteiger partial charge is 0.303 e. The van der Waals surface area contributed by atoms with Crippen LogP contribution in [0.1, 0.15) is 18.4 Å². The molecule has 1 aromatic heterocycles. The van der Waals surface area contributed by atoms with Gasteiger partial charge in [-0.2, -0.15) is 0 Å². The van der Waals surface area contributed by atoms with E-state index >= 15 is 0 Å². The van der Waals surface area contributed by atoms with Crippen LogP contribution in [0.2, 0.25) is 0 Å². The molecule has 5 heteroatoms. The molecule has 2 N–H and O–H groups in total. The SMILES string of the molecule is O=C(O)CCCNC(=O)Cc1cnc2ccccc2c1. The first-order valence-electron chi connectivity index (χ1n) is 6.47. The summed E-state index contributed by atoms with van der Waals surface area (Å²) in [5, 5.41) is 12.2. The van der Waals surface area contributed by atoms with E-state index in [1.807, 2.05) is 30.3 Å². The molecule has 20 heavy (non-hydrogen) atoms. The fourth-order valence-electron chi connectivity index (χ4n) is 1.93. The average Bonchev–Trinajstić information content (AvgIpc) is 2.43. The van der Waals surface area contributed by atoms with E-state index in [1.54, 1.807) is 6.20 Å². The molecule has 1 heterocycles. The molecule has 2 rings (SSSR count). The molecule has 0 unspecified atom stereocenters. The number of carboxylic acid groups (broad SMARTS) is 1. The molecule has 1 amide bonds. The normalized spacial score (nSPS) is 10.4. The number of para-hydroxylation sites is 1. The van der Waals surface area contributed by atoms with Crippen molar-refractivity contribution in [3.8, 4) is 0 Å². The number of amides is 1. The predicted octanol–water partition coefficient (Wildman–Crippen LogP) is 1.76. The molecule has 2 aromatic rings. The number of aliphatic carboxylic acids is 1. The number of pyridine rings is 1. The number of aromatic nitrogens is 1. The maximum absolute atomic E-state index is 11.7. The van der Waals surface area contributed by atoms with Gasteiger partial charge in [0.25, 0.3) is 0 Å². The van der Waals surface area contributed by atoms with Gasteiger partial charge in [0, 0.05) is 24.5 Å². The highest BCUT2D eigenvalue weighted by Gasteiger charge is 2.05. The summed E-state index contributed by atoms with van der Waals surface area (Å²) >= 11 is 0. The number of nitrogens with one attached hydrogen (secondary N) is 1. The van der Waals surface area contributed by atoms with Gasteiger partial charge in [-0.3, -0.25) is 14.6 Å². The Bertz CT molecular complexity index is 625. The molecular weight excluding hydrogens is 256 g/mol. The molecule has 104 valence electrons. The van der Waals surface area contributed by atoms with Crippen molar-refractivity contribution < 1.29 is 14.7 Å². The first kappa shape index (κ1) is 14.0. The van der Waals surface area contributed by atoms with E-state index in [4.69, 9.17) is 5.11 Å². The third kappa shape index (κ3) is 4.05. The Balaban J connectivity index is 1.88. The Kier molecular flexibility index (Phi) is 4.65. The van der Waals surface area contributed by atoms with E-state index in [9.17, 15) is 9.59 Å². The van der Waals surface area contributed by atoms with Crippen molar-refractivity contribution in [3.63, 3.8) is 0 Å². The van der Waals surface area contributed by atoms with Gasteiger partial charge in [0.05, 0.1) is 11.9 Å². The van der Waals surface area contributed by atoms with E-state index in [0.29, 0.717) is 13.0 Å². The van der Waals surface area contributed by atoms with E-state index in [1.165, 1.54) is 0 Å². The van der Waals surface area contributed by atoms with Crippen LogP contribution in [-0.4, -0.2) is 28.5 Å². The number of carbonyl (C=O) groups is 2. The van der Waals surface area contributed by atoms with Gasteiger partial charge in [-0.05, 0) is 24.1 Å². The minimum atomic E-state index is -0.849. The Hall–Kier alpha value is -2.43. The van der Waals surface area contributed by atoms with Gasteiger partial charge < -0.3 is 10.4 Å². The molecule has 5 nitrogen and oxygen atoms in total. The Morgan fingerprint density at radius 3 is 2.85 bits per heavy atom. The molecule has 0 aliphatic heterocycles. The third-order valence-corrected chi connectivity index (χ3v) is 2.90. The average molecular weight is 272 g/mol. The second-order valence-electron chi connectivity index (χ2n) is 4.56. The van der Waals surface area contributed by atoms with Crippen LogP contribution in [0.4, 0.5) is 0 Å². The number of rotatable bonds is 6. The first-order chi connectivity index (χ1) is 9.65. The van der Waals surface area contributed by atoms with Crippen molar-refractivity contribution in [2.24, 2.45) is 0 Å². The zero-order valence-electron chi connectivity index (χ0n) is 11.0. The standard InChI is InChI=1S/C15H16N2O3/c18-14(16-7-3-6-15(19)20)9-11-8-12-4-1-2-5-13(12)17-10-11/h1-2,4-5,8,10H,3,6-7,9H2,(H,16,18)(H,19,20). The summed E-state index contributed by atoms with van der Waals surface area (Å²) in [6.07, 6.45) is 2.46. The molecular formula is C15H16N2O3. The number of hydrogen-bond donors (Lipinski definition) is 2. The highest BCUT2D eigenvalue weighted by molar-refractivity contribution is 5.82. The van der Waals surface area contributed by atoms with Crippen LogP contribution in [0.3, 0.4) is 0 Å². The van der Waals surface area contributed by atoms with Gasteiger partial charge in [-0.25, -0.2) is 0 Å². The summed E-state index contributed by atoms with van der Waals surface area (Å²) in [7, 11) is 0. The van der Waals surface area contributed by atoms with Crippen LogP contribution in [-0.2, 0) is 16.0 Å². The summed E-state index contributed by atoms with van der Waals surface area (Å²) in [5.41, 5.74) is 1.75. The lowest BCUT2D eigenvalue weighted by Crippen LogP contribution is -2.26. The van der Waals surface area contributed by atoms with Crippen LogP contribution in [0.5, 0.6) is 0 Å². The first-order valence-corrected chi connectivity index (χ1v) is 6.47. The molecule has 0 saturated carbocycles. The molecule has 0 aliphatic carbocycles. The van der Waals surface area contributed by atoms with Gasteiger partial charge >= 0.3 is 5.97 Å². The monoisotopic (exact) mass is 272 g/mol. The fourth-order valence-corrected chi connectivity index (χ4v) is 1.93. The molecule has 0 fully saturated rings.